The molecule has 2 aliphatic heterocycles. The van der Waals surface area contributed by atoms with E-state index in [0.29, 0.717) is 12.2 Å². The Kier molecular flexibility index (Phi) is 2.62. The number of fused-ring (bicyclic) bond motifs is 3. The molecule has 0 saturated carbocycles. The van der Waals surface area contributed by atoms with Crippen molar-refractivity contribution in [3.8, 4) is 0 Å². The Hall–Kier alpha value is -3.08. The van der Waals surface area contributed by atoms with Crippen molar-refractivity contribution < 1.29 is 9.53 Å². The number of aryl methyl sites for hydroxylation is 1. The van der Waals surface area contributed by atoms with E-state index in [-0.39, 0.29) is 11.9 Å². The first kappa shape index (κ1) is 13.4. The summed E-state index contributed by atoms with van der Waals surface area (Å²) in [4.78, 5) is 12.4. The number of anilines is 1. The van der Waals surface area contributed by atoms with Gasteiger partial charge in [0.1, 0.15) is 6.61 Å². The number of nitrogens with zero attached hydrogens (tertiary/aromatic N) is 1. The molecule has 5 nitrogen and oxygen atoms in total. The highest BCUT2D eigenvalue weighted by atomic mass is 16.5. The summed E-state index contributed by atoms with van der Waals surface area (Å²) in [6.07, 6.45) is 1.82. The molecule has 3 heterocycles. The van der Waals surface area contributed by atoms with Crippen LogP contribution in [0.5, 0.6) is 0 Å². The third kappa shape index (κ3) is 1.75. The summed E-state index contributed by atoms with van der Waals surface area (Å²) in [5.74, 6) is -0.387. The Morgan fingerprint density at radius 3 is 2.83 bits per heavy atom. The maximum Gasteiger partial charge on any atom is 0.337 e. The van der Waals surface area contributed by atoms with Crippen LogP contribution in [0, 0.1) is 6.92 Å². The highest BCUT2D eigenvalue weighted by molar-refractivity contribution is 6.00. The molecule has 2 N–H and O–H groups in total. The number of hydrogen-bond donors (Lipinski definition) is 2. The first-order valence-electron chi connectivity index (χ1n) is 7.92. The lowest BCUT2D eigenvalue weighted by Crippen LogP contribution is -2.20. The SMILES string of the molecule is Cc1ccc(C2C3=C(COC3=O)Nc3ccc4[nH]ncc4c32)cc1. The summed E-state index contributed by atoms with van der Waals surface area (Å²) in [6.45, 7) is 2.36. The molecule has 1 unspecified atom stereocenters. The van der Waals surface area contributed by atoms with Crippen LogP contribution in [-0.2, 0) is 9.53 Å². The number of aromatic amines is 1. The van der Waals surface area contributed by atoms with Gasteiger partial charge in [0.15, 0.2) is 0 Å². The van der Waals surface area contributed by atoms with Gasteiger partial charge in [-0.05, 0) is 30.2 Å². The van der Waals surface area contributed by atoms with Crippen LogP contribution in [0.4, 0.5) is 5.69 Å². The minimum Gasteiger partial charge on any atom is -0.456 e. The number of ether oxygens (including phenoxy) is 1. The van der Waals surface area contributed by atoms with E-state index in [1.54, 1.807) is 0 Å². The standard InChI is InChI=1S/C19H15N3O2/c1-10-2-4-11(5-3-10)16-17-12-8-20-22-13(12)6-7-14(17)21-15-9-24-19(23)18(15)16/h2-8,16,21H,9H2,1H3,(H,20,22). The molecule has 0 fully saturated rings. The van der Waals surface area contributed by atoms with Crippen molar-refractivity contribution >= 4 is 22.6 Å². The molecule has 1 atom stereocenters. The van der Waals surface area contributed by atoms with Crippen LogP contribution in [0.25, 0.3) is 10.9 Å². The predicted molar refractivity (Wildman–Crippen MR) is 90.7 cm³/mol. The van der Waals surface area contributed by atoms with Gasteiger partial charge >= 0.3 is 5.97 Å². The number of H-pyrrole nitrogens is 1. The molecular weight excluding hydrogens is 302 g/mol. The summed E-state index contributed by atoms with van der Waals surface area (Å²) >= 11 is 0. The average molecular weight is 317 g/mol. The average Bonchev–Trinajstić information content (AvgIpc) is 3.21. The second kappa shape index (κ2) is 4.71. The zero-order valence-electron chi connectivity index (χ0n) is 13.1. The topological polar surface area (TPSA) is 67.0 Å². The molecule has 2 aromatic carbocycles. The van der Waals surface area contributed by atoms with Gasteiger partial charge in [0.2, 0.25) is 0 Å². The number of rotatable bonds is 1. The fraction of sp³-hybridized carbons (Fsp3) is 0.158. The van der Waals surface area contributed by atoms with Gasteiger partial charge in [-0.2, -0.15) is 5.10 Å². The van der Waals surface area contributed by atoms with Crippen molar-refractivity contribution in [2.75, 3.05) is 11.9 Å². The van der Waals surface area contributed by atoms with Crippen molar-refractivity contribution in [2.24, 2.45) is 0 Å². The molecule has 24 heavy (non-hydrogen) atoms. The van der Waals surface area contributed by atoms with E-state index in [9.17, 15) is 4.79 Å². The van der Waals surface area contributed by atoms with Crippen molar-refractivity contribution in [1.82, 2.24) is 10.2 Å². The van der Waals surface area contributed by atoms with E-state index in [1.807, 2.05) is 18.3 Å². The molecule has 0 bridgehead atoms. The minimum absolute atomic E-state index is 0.145. The number of carbonyl (C=O) groups is 1. The molecular formula is C19H15N3O2. The first-order chi connectivity index (χ1) is 11.7. The highest BCUT2D eigenvalue weighted by Gasteiger charge is 2.39. The third-order valence-electron chi connectivity index (χ3n) is 4.83. The van der Waals surface area contributed by atoms with Gasteiger partial charge in [0.25, 0.3) is 0 Å². The molecule has 2 aliphatic rings. The molecule has 5 heteroatoms. The van der Waals surface area contributed by atoms with Crippen LogP contribution in [0.3, 0.4) is 0 Å². The Balaban J connectivity index is 1.82. The zero-order chi connectivity index (χ0) is 16.3. The largest absolute Gasteiger partial charge is 0.456 e. The van der Waals surface area contributed by atoms with Gasteiger partial charge in [-0.3, -0.25) is 5.10 Å². The van der Waals surface area contributed by atoms with Crippen LogP contribution < -0.4 is 5.32 Å². The monoisotopic (exact) mass is 317 g/mol. The Bertz CT molecular complexity index is 1010. The minimum atomic E-state index is -0.241. The molecule has 0 radical (unpaired) electrons. The number of carbonyl (C=O) groups excluding carboxylic acids is 1. The van der Waals surface area contributed by atoms with Crippen LogP contribution in [0.15, 0.2) is 53.9 Å². The summed E-state index contributed by atoms with van der Waals surface area (Å²) in [6, 6.07) is 12.4. The van der Waals surface area contributed by atoms with Gasteiger partial charge in [-0.1, -0.05) is 29.8 Å². The van der Waals surface area contributed by atoms with Crippen molar-refractivity contribution in [3.05, 3.63) is 70.6 Å². The fourth-order valence-corrected chi connectivity index (χ4v) is 3.67. The van der Waals surface area contributed by atoms with E-state index in [2.05, 4.69) is 46.7 Å². The summed E-state index contributed by atoms with van der Waals surface area (Å²) in [7, 11) is 0. The molecule has 5 rings (SSSR count). The normalized spacial score (nSPS) is 19.0. The first-order valence-corrected chi connectivity index (χ1v) is 7.92. The lowest BCUT2D eigenvalue weighted by atomic mass is 9.79. The molecule has 1 aromatic heterocycles. The highest BCUT2D eigenvalue weighted by Crippen LogP contribution is 2.46. The van der Waals surface area contributed by atoms with Gasteiger partial charge < -0.3 is 10.1 Å². The van der Waals surface area contributed by atoms with Crippen molar-refractivity contribution in [3.63, 3.8) is 0 Å². The van der Waals surface area contributed by atoms with Crippen LogP contribution in [0.2, 0.25) is 0 Å². The summed E-state index contributed by atoms with van der Waals surface area (Å²) in [5, 5.41) is 11.6. The van der Waals surface area contributed by atoms with E-state index < -0.39 is 0 Å². The smallest absolute Gasteiger partial charge is 0.337 e. The second-order valence-corrected chi connectivity index (χ2v) is 6.30. The van der Waals surface area contributed by atoms with Gasteiger partial charge in [0.05, 0.1) is 23.0 Å². The summed E-state index contributed by atoms with van der Waals surface area (Å²) in [5.41, 5.74) is 6.89. The molecule has 0 aliphatic carbocycles. The zero-order valence-corrected chi connectivity index (χ0v) is 13.1. The fourth-order valence-electron chi connectivity index (χ4n) is 3.67. The Morgan fingerprint density at radius 2 is 2.00 bits per heavy atom. The molecule has 0 saturated heterocycles. The number of aromatic nitrogens is 2. The number of benzene rings is 2. The molecule has 0 spiro atoms. The van der Waals surface area contributed by atoms with Gasteiger partial charge in [0, 0.05) is 17.0 Å². The maximum absolute atomic E-state index is 12.4. The Morgan fingerprint density at radius 1 is 1.17 bits per heavy atom. The van der Waals surface area contributed by atoms with Gasteiger partial charge in [-0.15, -0.1) is 0 Å². The predicted octanol–water partition coefficient (Wildman–Crippen LogP) is 3.24. The van der Waals surface area contributed by atoms with E-state index >= 15 is 0 Å². The number of hydrogen-bond acceptors (Lipinski definition) is 4. The number of nitrogens with one attached hydrogen (secondary N) is 2. The van der Waals surface area contributed by atoms with Gasteiger partial charge in [-0.25, -0.2) is 4.79 Å². The molecule has 0 amide bonds. The lowest BCUT2D eigenvalue weighted by molar-refractivity contribution is -0.136. The quantitative estimate of drug-likeness (QED) is 0.676. The third-order valence-corrected chi connectivity index (χ3v) is 4.83. The van der Waals surface area contributed by atoms with Crippen molar-refractivity contribution in [1.29, 1.82) is 0 Å². The van der Waals surface area contributed by atoms with E-state index in [4.69, 9.17) is 4.74 Å². The number of cyclic esters (lactones) is 1. The van der Waals surface area contributed by atoms with E-state index in [1.165, 1.54) is 5.56 Å². The van der Waals surface area contributed by atoms with Crippen LogP contribution >= 0.6 is 0 Å². The van der Waals surface area contributed by atoms with Crippen LogP contribution in [-0.4, -0.2) is 22.8 Å². The maximum atomic E-state index is 12.4. The second-order valence-electron chi connectivity index (χ2n) is 6.30. The Labute approximate surface area is 138 Å². The lowest BCUT2D eigenvalue weighted by Gasteiger charge is -2.27. The van der Waals surface area contributed by atoms with Crippen molar-refractivity contribution in [2.45, 2.75) is 12.8 Å². The number of esters is 1. The summed E-state index contributed by atoms with van der Waals surface area (Å²) < 4.78 is 5.30. The van der Waals surface area contributed by atoms with Crippen LogP contribution in [0.1, 0.15) is 22.6 Å². The molecule has 3 aromatic rings. The van der Waals surface area contributed by atoms with E-state index in [0.717, 1.165) is 33.4 Å². The molecule has 118 valence electrons.